The molecule has 0 fully saturated rings. The number of carbonyl (C=O) groups is 2. The van der Waals surface area contributed by atoms with Crippen LogP contribution in [0, 0.1) is 6.92 Å². The lowest BCUT2D eigenvalue weighted by Crippen LogP contribution is -2.12. The van der Waals surface area contributed by atoms with E-state index in [0.717, 1.165) is 16.6 Å². The first kappa shape index (κ1) is 15.8. The maximum Gasteiger partial charge on any atom is 0.258 e. The Morgan fingerprint density at radius 2 is 1.79 bits per heavy atom. The normalized spacial score (nSPS) is 10.6. The summed E-state index contributed by atoms with van der Waals surface area (Å²) >= 11 is 0. The number of H-pyrrole nitrogens is 1. The molecule has 0 unspecified atom stereocenters. The van der Waals surface area contributed by atoms with E-state index in [2.05, 4.69) is 10.3 Å². The van der Waals surface area contributed by atoms with Crippen molar-refractivity contribution in [3.05, 3.63) is 59.3 Å². The molecule has 3 rings (SSSR count). The molecule has 24 heavy (non-hydrogen) atoms. The number of ether oxygens (including phenoxy) is 1. The van der Waals surface area contributed by atoms with Crippen LogP contribution in [0.2, 0.25) is 0 Å². The van der Waals surface area contributed by atoms with Gasteiger partial charge in [-0.3, -0.25) is 9.59 Å². The smallest absolute Gasteiger partial charge is 0.258 e. The predicted octanol–water partition coefficient (Wildman–Crippen LogP) is 3.94. The summed E-state index contributed by atoms with van der Waals surface area (Å²) in [5.74, 6) is 0.483. The summed E-state index contributed by atoms with van der Waals surface area (Å²) in [5.41, 5.74) is 3.50. The summed E-state index contributed by atoms with van der Waals surface area (Å²) in [4.78, 5) is 27.2. The number of aromatic amines is 1. The third-order valence-corrected chi connectivity index (χ3v) is 3.97. The predicted molar refractivity (Wildman–Crippen MR) is 94.0 cm³/mol. The van der Waals surface area contributed by atoms with E-state index < -0.39 is 0 Å². The van der Waals surface area contributed by atoms with Crippen molar-refractivity contribution in [2.24, 2.45) is 0 Å². The van der Waals surface area contributed by atoms with Gasteiger partial charge in [0.15, 0.2) is 5.78 Å². The Labute approximate surface area is 139 Å². The van der Waals surface area contributed by atoms with Gasteiger partial charge in [0.2, 0.25) is 0 Å². The number of aromatic nitrogens is 1. The van der Waals surface area contributed by atoms with Crippen molar-refractivity contribution >= 4 is 28.3 Å². The van der Waals surface area contributed by atoms with Crippen molar-refractivity contribution in [3.63, 3.8) is 0 Å². The fraction of sp³-hybridized carbons (Fsp3) is 0.158. The lowest BCUT2D eigenvalue weighted by Gasteiger charge is -2.07. The first-order valence-electron chi connectivity index (χ1n) is 7.58. The van der Waals surface area contributed by atoms with Crippen molar-refractivity contribution in [1.82, 2.24) is 4.98 Å². The molecular formula is C19H18N2O3. The first-order valence-corrected chi connectivity index (χ1v) is 7.58. The zero-order chi connectivity index (χ0) is 17.3. The Kier molecular flexibility index (Phi) is 4.08. The zero-order valence-corrected chi connectivity index (χ0v) is 13.8. The second-order valence-electron chi connectivity index (χ2n) is 5.62. The maximum absolute atomic E-state index is 12.7. The van der Waals surface area contributed by atoms with Crippen LogP contribution in [0.1, 0.15) is 33.3 Å². The molecule has 5 nitrogen and oxygen atoms in total. The minimum Gasteiger partial charge on any atom is -0.497 e. The van der Waals surface area contributed by atoms with Gasteiger partial charge in [0.25, 0.3) is 5.91 Å². The Morgan fingerprint density at radius 3 is 2.42 bits per heavy atom. The highest BCUT2D eigenvalue weighted by Gasteiger charge is 2.17. The number of rotatable bonds is 4. The molecule has 5 heteroatoms. The SMILES string of the molecule is COc1ccc2[nH]c(C)c(C(=O)Nc3ccc(C(C)=O)cc3)c2c1. The van der Waals surface area contributed by atoms with Gasteiger partial charge in [-0.25, -0.2) is 0 Å². The third kappa shape index (κ3) is 2.88. The molecule has 0 aliphatic carbocycles. The van der Waals surface area contributed by atoms with Gasteiger partial charge < -0.3 is 15.0 Å². The molecule has 2 N–H and O–H groups in total. The number of hydrogen-bond acceptors (Lipinski definition) is 3. The lowest BCUT2D eigenvalue weighted by molar-refractivity contribution is 0.101. The molecule has 3 aromatic rings. The number of Topliss-reactive ketones (excluding diaryl/α,β-unsaturated/α-hetero) is 1. The van der Waals surface area contributed by atoms with Crippen LogP contribution >= 0.6 is 0 Å². The number of fused-ring (bicyclic) bond motifs is 1. The Balaban J connectivity index is 1.93. The van der Waals surface area contributed by atoms with Crippen molar-refractivity contribution in [2.45, 2.75) is 13.8 Å². The van der Waals surface area contributed by atoms with Gasteiger partial charge in [-0.2, -0.15) is 0 Å². The molecule has 1 heterocycles. The molecule has 2 aromatic carbocycles. The number of anilines is 1. The van der Waals surface area contributed by atoms with Crippen molar-refractivity contribution < 1.29 is 14.3 Å². The largest absolute Gasteiger partial charge is 0.497 e. The monoisotopic (exact) mass is 322 g/mol. The van der Waals surface area contributed by atoms with E-state index in [0.29, 0.717) is 22.6 Å². The van der Waals surface area contributed by atoms with Crippen LogP contribution in [-0.4, -0.2) is 23.8 Å². The van der Waals surface area contributed by atoms with E-state index in [1.165, 1.54) is 6.92 Å². The topological polar surface area (TPSA) is 71.2 Å². The van der Waals surface area contributed by atoms with Gasteiger partial charge >= 0.3 is 0 Å². The quantitative estimate of drug-likeness (QED) is 0.715. The fourth-order valence-corrected chi connectivity index (χ4v) is 2.71. The second kappa shape index (κ2) is 6.20. The summed E-state index contributed by atoms with van der Waals surface area (Å²) in [6.45, 7) is 3.37. The van der Waals surface area contributed by atoms with Crippen molar-refractivity contribution in [2.75, 3.05) is 12.4 Å². The van der Waals surface area contributed by atoms with E-state index in [9.17, 15) is 9.59 Å². The number of aryl methyl sites for hydroxylation is 1. The van der Waals surface area contributed by atoms with Crippen LogP contribution in [0.4, 0.5) is 5.69 Å². The first-order chi connectivity index (χ1) is 11.5. The molecular weight excluding hydrogens is 304 g/mol. The molecule has 0 aliphatic heterocycles. The van der Waals surface area contributed by atoms with Crippen LogP contribution in [0.3, 0.4) is 0 Å². The van der Waals surface area contributed by atoms with Crippen LogP contribution in [0.15, 0.2) is 42.5 Å². The van der Waals surface area contributed by atoms with Crippen molar-refractivity contribution in [1.29, 1.82) is 0 Å². The highest BCUT2D eigenvalue weighted by molar-refractivity contribution is 6.14. The Hall–Kier alpha value is -3.08. The van der Waals surface area contributed by atoms with Gasteiger partial charge in [-0.05, 0) is 56.3 Å². The molecule has 122 valence electrons. The standard InChI is InChI=1S/C19H18N2O3/c1-11-18(16-10-15(24-3)8-9-17(16)20-11)19(23)21-14-6-4-13(5-7-14)12(2)22/h4-10,20H,1-3H3,(H,21,23). The zero-order valence-electron chi connectivity index (χ0n) is 13.8. The van der Waals surface area contributed by atoms with E-state index in [-0.39, 0.29) is 11.7 Å². The Morgan fingerprint density at radius 1 is 1.08 bits per heavy atom. The summed E-state index contributed by atoms with van der Waals surface area (Å²) in [6.07, 6.45) is 0. The number of nitrogens with one attached hydrogen (secondary N) is 2. The summed E-state index contributed by atoms with van der Waals surface area (Å²) in [6, 6.07) is 12.4. The molecule has 0 atom stereocenters. The van der Waals surface area contributed by atoms with Crippen molar-refractivity contribution in [3.8, 4) is 5.75 Å². The molecule has 0 saturated carbocycles. The molecule has 1 amide bonds. The number of ketones is 1. The molecule has 0 radical (unpaired) electrons. The minimum absolute atomic E-state index is 0.00700. The minimum atomic E-state index is -0.206. The van der Waals surface area contributed by atoms with Gasteiger partial charge in [-0.1, -0.05) is 0 Å². The molecule has 1 aromatic heterocycles. The average molecular weight is 322 g/mol. The lowest BCUT2D eigenvalue weighted by atomic mass is 10.1. The molecule has 0 aliphatic rings. The van der Waals surface area contributed by atoms with E-state index in [1.54, 1.807) is 31.4 Å². The van der Waals surface area contributed by atoms with Gasteiger partial charge in [0.05, 0.1) is 12.7 Å². The average Bonchev–Trinajstić information content (AvgIpc) is 2.90. The third-order valence-electron chi connectivity index (χ3n) is 3.97. The number of methoxy groups -OCH3 is 1. The Bertz CT molecular complexity index is 924. The summed E-state index contributed by atoms with van der Waals surface area (Å²) < 4.78 is 5.24. The highest BCUT2D eigenvalue weighted by Crippen LogP contribution is 2.27. The van der Waals surface area contributed by atoms with Gasteiger partial charge in [0.1, 0.15) is 5.75 Å². The summed E-state index contributed by atoms with van der Waals surface area (Å²) in [7, 11) is 1.59. The number of amides is 1. The van der Waals surface area contributed by atoms with Gasteiger partial charge in [-0.15, -0.1) is 0 Å². The van der Waals surface area contributed by atoms with E-state index in [4.69, 9.17) is 4.74 Å². The number of hydrogen-bond donors (Lipinski definition) is 2. The number of carbonyl (C=O) groups excluding carboxylic acids is 2. The molecule has 0 saturated heterocycles. The fourth-order valence-electron chi connectivity index (χ4n) is 2.71. The molecule has 0 bridgehead atoms. The van der Waals surface area contributed by atoms with E-state index >= 15 is 0 Å². The van der Waals surface area contributed by atoms with Gasteiger partial charge in [0, 0.05) is 27.8 Å². The van der Waals surface area contributed by atoms with Crippen LogP contribution in [0.5, 0.6) is 5.75 Å². The van der Waals surface area contributed by atoms with Crippen LogP contribution in [-0.2, 0) is 0 Å². The number of benzene rings is 2. The highest BCUT2D eigenvalue weighted by atomic mass is 16.5. The maximum atomic E-state index is 12.7. The van der Waals surface area contributed by atoms with Crippen LogP contribution in [0.25, 0.3) is 10.9 Å². The van der Waals surface area contributed by atoms with E-state index in [1.807, 2.05) is 25.1 Å². The van der Waals surface area contributed by atoms with Crippen LogP contribution < -0.4 is 10.1 Å². The second-order valence-corrected chi connectivity index (χ2v) is 5.62. The summed E-state index contributed by atoms with van der Waals surface area (Å²) in [5, 5.41) is 3.68. The molecule has 0 spiro atoms.